The molecule has 1 aliphatic rings. The second kappa shape index (κ2) is 5.73. The molecule has 78 valence electrons. The van der Waals surface area contributed by atoms with Crippen LogP contribution >= 0.6 is 0 Å². The molecular weight excluding hydrogens is 186 g/mol. The average Bonchev–Trinajstić information content (AvgIpc) is 2.51. The zero-order chi connectivity index (χ0) is 9.68. The minimum Gasteiger partial charge on any atom is -0.378 e. The first-order chi connectivity index (χ1) is 6.18. The number of nitrogens with two attached hydrogens (primary N) is 1. The Morgan fingerprint density at radius 2 is 2.15 bits per heavy atom. The van der Waals surface area contributed by atoms with Crippen molar-refractivity contribution in [1.82, 2.24) is 0 Å². The van der Waals surface area contributed by atoms with Crippen molar-refractivity contribution in [3.63, 3.8) is 0 Å². The van der Waals surface area contributed by atoms with Crippen LogP contribution < -0.4 is 5.14 Å². The van der Waals surface area contributed by atoms with E-state index < -0.39 is 11.0 Å². The van der Waals surface area contributed by atoms with Gasteiger partial charge < -0.3 is 4.74 Å². The summed E-state index contributed by atoms with van der Waals surface area (Å²) < 4.78 is 16.4. The van der Waals surface area contributed by atoms with E-state index in [0.717, 1.165) is 0 Å². The van der Waals surface area contributed by atoms with Gasteiger partial charge >= 0.3 is 0 Å². The minimum absolute atomic E-state index is 0.312. The summed E-state index contributed by atoms with van der Waals surface area (Å²) in [4.78, 5) is 0. The van der Waals surface area contributed by atoms with Crippen molar-refractivity contribution in [2.24, 2.45) is 11.1 Å². The van der Waals surface area contributed by atoms with Crippen LogP contribution in [0.4, 0.5) is 0 Å². The molecule has 0 aliphatic heterocycles. The van der Waals surface area contributed by atoms with Crippen molar-refractivity contribution in [3.8, 4) is 0 Å². The molecule has 2 unspecified atom stereocenters. The maximum Gasteiger partial charge on any atom is 0.0891 e. The first kappa shape index (κ1) is 11.1. The molecule has 0 aromatic rings. The Balaban J connectivity index is 2.06. The maximum atomic E-state index is 10.7. The molecule has 0 radical (unpaired) electrons. The summed E-state index contributed by atoms with van der Waals surface area (Å²) in [7, 11) is -1.18. The molecular formula is C9H19NO2S. The van der Waals surface area contributed by atoms with Gasteiger partial charge in [0.1, 0.15) is 0 Å². The lowest BCUT2D eigenvalue weighted by Gasteiger charge is -2.14. The number of hydrogen-bond acceptors (Lipinski definition) is 2. The van der Waals surface area contributed by atoms with Crippen LogP contribution in [0.15, 0.2) is 0 Å². The third kappa shape index (κ3) is 4.74. The fourth-order valence-corrected chi connectivity index (χ4v) is 2.34. The molecule has 13 heavy (non-hydrogen) atoms. The fraction of sp³-hybridized carbons (Fsp3) is 1.00. The average molecular weight is 205 g/mol. The highest BCUT2D eigenvalue weighted by Gasteiger charge is 2.16. The fourth-order valence-electron chi connectivity index (χ4n) is 1.68. The van der Waals surface area contributed by atoms with E-state index in [1.165, 1.54) is 25.7 Å². The van der Waals surface area contributed by atoms with E-state index in [4.69, 9.17) is 9.88 Å². The molecule has 1 rings (SSSR count). The molecule has 1 aliphatic carbocycles. The largest absolute Gasteiger partial charge is 0.378 e. The molecule has 3 nitrogen and oxygen atoms in total. The maximum absolute atomic E-state index is 10.7. The van der Waals surface area contributed by atoms with Gasteiger partial charge in [-0.05, 0) is 18.8 Å². The van der Waals surface area contributed by atoms with Gasteiger partial charge in [-0.25, -0.2) is 4.21 Å². The molecule has 1 saturated carbocycles. The molecule has 0 saturated heterocycles. The first-order valence-corrected chi connectivity index (χ1v) is 6.31. The number of rotatable bonds is 5. The van der Waals surface area contributed by atoms with E-state index in [0.29, 0.717) is 24.4 Å². The standard InChI is InChI=1S/C9H19NO2S/c1-8(7-13(10)11)6-12-9-4-2-3-5-9/h8-9H,2-7,10H2,1H3. The van der Waals surface area contributed by atoms with Crippen molar-refractivity contribution in [2.45, 2.75) is 38.7 Å². The van der Waals surface area contributed by atoms with Gasteiger partial charge in [0, 0.05) is 5.75 Å². The van der Waals surface area contributed by atoms with Crippen LogP contribution in [0.2, 0.25) is 0 Å². The first-order valence-electron chi connectivity index (χ1n) is 4.93. The Morgan fingerprint density at radius 3 is 2.69 bits per heavy atom. The SMILES string of the molecule is CC(COC1CCCC1)CS(N)=O. The van der Waals surface area contributed by atoms with E-state index in [9.17, 15) is 4.21 Å². The molecule has 2 atom stereocenters. The van der Waals surface area contributed by atoms with E-state index in [1.54, 1.807) is 0 Å². The van der Waals surface area contributed by atoms with Gasteiger partial charge in [0.2, 0.25) is 0 Å². The van der Waals surface area contributed by atoms with Crippen molar-refractivity contribution in [2.75, 3.05) is 12.4 Å². The van der Waals surface area contributed by atoms with Crippen LogP contribution in [0.5, 0.6) is 0 Å². The highest BCUT2D eigenvalue weighted by atomic mass is 32.2. The van der Waals surface area contributed by atoms with E-state index in [-0.39, 0.29) is 0 Å². The van der Waals surface area contributed by atoms with Crippen molar-refractivity contribution < 1.29 is 8.95 Å². The van der Waals surface area contributed by atoms with Gasteiger partial charge in [-0.3, -0.25) is 5.14 Å². The van der Waals surface area contributed by atoms with Crippen LogP contribution in [-0.2, 0) is 15.7 Å². The van der Waals surface area contributed by atoms with Gasteiger partial charge in [-0.2, -0.15) is 0 Å². The third-order valence-electron chi connectivity index (χ3n) is 2.37. The topological polar surface area (TPSA) is 52.3 Å². The van der Waals surface area contributed by atoms with Crippen molar-refractivity contribution >= 4 is 11.0 Å². The minimum atomic E-state index is -1.18. The highest BCUT2D eigenvalue weighted by Crippen LogP contribution is 2.21. The lowest BCUT2D eigenvalue weighted by molar-refractivity contribution is 0.0414. The van der Waals surface area contributed by atoms with Gasteiger partial charge in [0.25, 0.3) is 0 Å². The Morgan fingerprint density at radius 1 is 1.54 bits per heavy atom. The summed E-state index contributed by atoms with van der Waals surface area (Å²) in [5, 5.41) is 5.19. The van der Waals surface area contributed by atoms with Crippen LogP contribution in [0.1, 0.15) is 32.6 Å². The Kier molecular flexibility index (Phi) is 4.91. The Hall–Kier alpha value is 0.0700. The number of ether oxygens (including phenoxy) is 1. The summed E-state index contributed by atoms with van der Waals surface area (Å²) in [5.74, 6) is 0.860. The zero-order valence-corrected chi connectivity index (χ0v) is 9.02. The van der Waals surface area contributed by atoms with Crippen molar-refractivity contribution in [3.05, 3.63) is 0 Å². The summed E-state index contributed by atoms with van der Waals surface area (Å²) in [6, 6.07) is 0. The summed E-state index contributed by atoms with van der Waals surface area (Å²) >= 11 is 0. The van der Waals surface area contributed by atoms with Gasteiger partial charge in [-0.15, -0.1) is 0 Å². The molecule has 0 spiro atoms. The second-order valence-electron chi connectivity index (χ2n) is 3.89. The molecule has 0 heterocycles. The molecule has 0 bridgehead atoms. The molecule has 0 aromatic heterocycles. The smallest absolute Gasteiger partial charge is 0.0891 e. The normalized spacial score (nSPS) is 23.2. The molecule has 1 fully saturated rings. The molecule has 0 amide bonds. The van der Waals surface area contributed by atoms with E-state index in [2.05, 4.69) is 0 Å². The number of hydrogen-bond donors (Lipinski definition) is 1. The summed E-state index contributed by atoms with van der Waals surface area (Å²) in [6.45, 7) is 2.73. The lowest BCUT2D eigenvalue weighted by atomic mass is 10.2. The van der Waals surface area contributed by atoms with E-state index in [1.807, 2.05) is 6.92 Å². The summed E-state index contributed by atoms with van der Waals surface area (Å²) in [6.07, 6.45) is 5.43. The predicted molar refractivity (Wildman–Crippen MR) is 54.6 cm³/mol. The third-order valence-corrected chi connectivity index (χ3v) is 3.26. The van der Waals surface area contributed by atoms with Gasteiger partial charge in [-0.1, -0.05) is 19.8 Å². The molecule has 0 aromatic carbocycles. The highest BCUT2D eigenvalue weighted by molar-refractivity contribution is 7.82. The van der Waals surface area contributed by atoms with Gasteiger partial charge in [0.05, 0.1) is 23.7 Å². The Bertz CT molecular complexity index is 169. The quantitative estimate of drug-likeness (QED) is 0.733. The van der Waals surface area contributed by atoms with Crippen molar-refractivity contribution in [1.29, 1.82) is 0 Å². The summed E-state index contributed by atoms with van der Waals surface area (Å²) in [5.41, 5.74) is 0. The lowest BCUT2D eigenvalue weighted by Crippen LogP contribution is -2.21. The molecule has 4 heteroatoms. The van der Waals surface area contributed by atoms with Crippen LogP contribution in [0.25, 0.3) is 0 Å². The van der Waals surface area contributed by atoms with Crippen LogP contribution in [-0.4, -0.2) is 22.7 Å². The van der Waals surface area contributed by atoms with Crippen LogP contribution in [0, 0.1) is 5.92 Å². The van der Waals surface area contributed by atoms with E-state index >= 15 is 0 Å². The predicted octanol–water partition coefficient (Wildman–Crippen LogP) is 1.20. The zero-order valence-electron chi connectivity index (χ0n) is 8.20. The van der Waals surface area contributed by atoms with Crippen LogP contribution in [0.3, 0.4) is 0 Å². The van der Waals surface area contributed by atoms with Gasteiger partial charge in [0.15, 0.2) is 0 Å². The second-order valence-corrected chi connectivity index (χ2v) is 4.99. The Labute approximate surface area is 82.6 Å². The molecule has 2 N–H and O–H groups in total. The monoisotopic (exact) mass is 205 g/mol.